The first-order chi connectivity index (χ1) is 17.7. The molecule has 0 spiro atoms. The first kappa shape index (κ1) is 30.5. The number of esters is 1. The number of ketones is 1. The number of ether oxygens (including phenoxy) is 2. The van der Waals surface area contributed by atoms with Gasteiger partial charge < -0.3 is 30.3 Å². The largest absolute Gasteiger partial charge is 0.467 e. The summed E-state index contributed by atoms with van der Waals surface area (Å²) in [6, 6.07) is -2.36. The lowest BCUT2D eigenvalue weighted by Crippen LogP contribution is -2.65. The zero-order valence-corrected chi connectivity index (χ0v) is 22.7. The molecule has 2 fully saturated rings. The highest BCUT2D eigenvalue weighted by atomic mass is 16.5. The molecule has 11 heteroatoms. The highest BCUT2D eigenvalue weighted by Crippen LogP contribution is 2.29. The molecule has 1 heterocycles. The van der Waals surface area contributed by atoms with Crippen LogP contribution in [0.2, 0.25) is 0 Å². The van der Waals surface area contributed by atoms with Crippen molar-refractivity contribution in [1.29, 1.82) is 0 Å². The minimum absolute atomic E-state index is 0.242. The summed E-state index contributed by atoms with van der Waals surface area (Å²) in [6.07, 6.45) is 5.63. The van der Waals surface area contributed by atoms with Crippen LogP contribution >= 0.6 is 0 Å². The van der Waals surface area contributed by atoms with Crippen LogP contribution < -0.4 is 16.0 Å². The van der Waals surface area contributed by atoms with Gasteiger partial charge in [0.1, 0.15) is 11.6 Å². The highest BCUT2D eigenvalue weighted by molar-refractivity contribution is 6.38. The fraction of sp³-hybridized carbons (Fsp3) is 0.808. The van der Waals surface area contributed by atoms with Gasteiger partial charge in [-0.1, -0.05) is 59.3 Å². The molecule has 0 aromatic carbocycles. The van der Waals surface area contributed by atoms with Gasteiger partial charge in [-0.2, -0.15) is 0 Å². The maximum Gasteiger partial charge on any atom is 0.328 e. The molecule has 3 N–H and O–H groups in total. The van der Waals surface area contributed by atoms with Crippen LogP contribution in [0.1, 0.15) is 78.6 Å². The SMILES string of the molecule is CCCC[C@H](NC(=O)C1(NC(=O)N2CCOCC2)CCCCC1)C(=O)C(=O)N[C@H](C(=O)OC)C(C)CC. The van der Waals surface area contributed by atoms with Gasteiger partial charge in [0.2, 0.25) is 11.7 Å². The minimum Gasteiger partial charge on any atom is -0.467 e. The molecule has 3 atom stereocenters. The molecule has 1 aliphatic carbocycles. The van der Waals surface area contributed by atoms with Crippen molar-refractivity contribution in [2.45, 2.75) is 96.2 Å². The Bertz CT molecular complexity index is 807. The lowest BCUT2D eigenvalue weighted by Gasteiger charge is -2.39. The van der Waals surface area contributed by atoms with Crippen LogP contribution in [0.25, 0.3) is 0 Å². The summed E-state index contributed by atoms with van der Waals surface area (Å²) < 4.78 is 10.1. The Labute approximate surface area is 219 Å². The number of nitrogens with zero attached hydrogens (tertiary/aromatic N) is 1. The van der Waals surface area contributed by atoms with Crippen molar-refractivity contribution in [1.82, 2.24) is 20.9 Å². The molecular formula is C26H44N4O7. The quantitative estimate of drug-likeness (QED) is 0.260. The van der Waals surface area contributed by atoms with Crippen molar-refractivity contribution in [3.63, 3.8) is 0 Å². The van der Waals surface area contributed by atoms with Gasteiger partial charge in [0.05, 0.1) is 26.4 Å². The summed E-state index contributed by atoms with van der Waals surface area (Å²) in [6.45, 7) is 7.37. The van der Waals surface area contributed by atoms with E-state index < -0.39 is 41.2 Å². The van der Waals surface area contributed by atoms with E-state index in [0.29, 0.717) is 52.0 Å². The van der Waals surface area contributed by atoms with E-state index in [1.165, 1.54) is 7.11 Å². The Hall–Kier alpha value is -2.69. The van der Waals surface area contributed by atoms with Crippen LogP contribution in [-0.2, 0) is 28.7 Å². The monoisotopic (exact) mass is 524 g/mol. The number of morpholine rings is 1. The number of rotatable bonds is 12. The van der Waals surface area contributed by atoms with E-state index in [9.17, 15) is 24.0 Å². The Morgan fingerprint density at radius 3 is 2.22 bits per heavy atom. The van der Waals surface area contributed by atoms with Gasteiger partial charge in [-0.05, 0) is 25.2 Å². The number of carbonyl (C=O) groups is 5. The van der Waals surface area contributed by atoms with Crippen LogP contribution in [0.4, 0.5) is 4.79 Å². The van der Waals surface area contributed by atoms with Crippen LogP contribution in [0, 0.1) is 5.92 Å². The molecule has 37 heavy (non-hydrogen) atoms. The molecule has 0 radical (unpaired) electrons. The molecule has 210 valence electrons. The standard InChI is InChI=1S/C26H44N4O7/c1-5-7-11-19(21(31)22(32)28-20(18(3)6-2)23(33)36-4)27-24(34)26(12-9-8-10-13-26)29-25(35)30-14-16-37-17-15-30/h18-20H,5-17H2,1-4H3,(H,27,34)(H,28,32)(H,29,35)/t18?,19-,20-/m0/s1. The zero-order chi connectivity index (χ0) is 27.4. The molecule has 1 saturated heterocycles. The highest BCUT2D eigenvalue weighted by Gasteiger charge is 2.44. The van der Waals surface area contributed by atoms with Crippen molar-refractivity contribution in [3.05, 3.63) is 0 Å². The van der Waals surface area contributed by atoms with E-state index in [0.717, 1.165) is 25.7 Å². The Balaban J connectivity index is 2.18. The molecule has 4 amide bonds. The van der Waals surface area contributed by atoms with Crippen molar-refractivity contribution in [3.8, 4) is 0 Å². The minimum atomic E-state index is -1.15. The van der Waals surface area contributed by atoms with E-state index in [2.05, 4.69) is 16.0 Å². The van der Waals surface area contributed by atoms with E-state index >= 15 is 0 Å². The van der Waals surface area contributed by atoms with Crippen LogP contribution in [-0.4, -0.2) is 85.5 Å². The summed E-state index contributed by atoms with van der Waals surface area (Å²) in [5.74, 6) is -3.08. The predicted molar refractivity (Wildman–Crippen MR) is 137 cm³/mol. The number of urea groups is 1. The summed E-state index contributed by atoms with van der Waals surface area (Å²) >= 11 is 0. The second kappa shape index (κ2) is 14.9. The number of hydrogen-bond acceptors (Lipinski definition) is 7. The van der Waals surface area contributed by atoms with Crippen molar-refractivity contribution < 1.29 is 33.4 Å². The van der Waals surface area contributed by atoms with Crippen LogP contribution in [0.15, 0.2) is 0 Å². The number of nitrogens with one attached hydrogen (secondary N) is 3. The zero-order valence-electron chi connectivity index (χ0n) is 22.7. The molecule has 0 aromatic heterocycles. The topological polar surface area (TPSA) is 143 Å². The first-order valence-electron chi connectivity index (χ1n) is 13.6. The normalized spacial score (nSPS) is 19.6. The van der Waals surface area contributed by atoms with Gasteiger partial charge in [-0.3, -0.25) is 14.4 Å². The molecule has 0 aromatic rings. The van der Waals surface area contributed by atoms with Crippen LogP contribution in [0.3, 0.4) is 0 Å². The van der Waals surface area contributed by atoms with Crippen molar-refractivity contribution in [2.75, 3.05) is 33.4 Å². The maximum atomic E-state index is 13.6. The maximum absolute atomic E-state index is 13.6. The van der Waals surface area contributed by atoms with Gasteiger partial charge >= 0.3 is 12.0 Å². The molecule has 0 bridgehead atoms. The lowest BCUT2D eigenvalue weighted by atomic mass is 9.80. The van der Waals surface area contributed by atoms with Gasteiger partial charge in [0, 0.05) is 13.1 Å². The fourth-order valence-electron chi connectivity index (χ4n) is 4.75. The van der Waals surface area contributed by atoms with Gasteiger partial charge in [0.15, 0.2) is 0 Å². The molecule has 11 nitrogen and oxygen atoms in total. The van der Waals surface area contributed by atoms with E-state index in [1.54, 1.807) is 11.8 Å². The predicted octanol–water partition coefficient (Wildman–Crippen LogP) is 1.68. The second-order valence-electron chi connectivity index (χ2n) is 10.1. The summed E-state index contributed by atoms with van der Waals surface area (Å²) in [5, 5.41) is 8.25. The third kappa shape index (κ3) is 8.41. The molecule has 1 aliphatic heterocycles. The van der Waals surface area contributed by atoms with Gasteiger partial charge in [0.25, 0.3) is 5.91 Å². The smallest absolute Gasteiger partial charge is 0.328 e. The average molecular weight is 525 g/mol. The third-order valence-corrected chi connectivity index (χ3v) is 7.43. The third-order valence-electron chi connectivity index (χ3n) is 7.43. The number of Topliss-reactive ketones (excluding diaryl/α,β-unsaturated/α-hetero) is 1. The van der Waals surface area contributed by atoms with E-state index in [-0.39, 0.29) is 18.4 Å². The number of unbranched alkanes of at least 4 members (excludes halogenated alkanes) is 1. The Morgan fingerprint density at radius 2 is 1.65 bits per heavy atom. The molecule has 1 saturated carbocycles. The molecule has 2 aliphatic rings. The van der Waals surface area contributed by atoms with E-state index in [1.807, 2.05) is 13.8 Å². The summed E-state index contributed by atoms with van der Waals surface area (Å²) in [7, 11) is 1.23. The summed E-state index contributed by atoms with van der Waals surface area (Å²) in [5.41, 5.74) is -1.15. The number of hydrogen-bond donors (Lipinski definition) is 3. The number of amides is 4. The molecular weight excluding hydrogens is 480 g/mol. The van der Waals surface area contributed by atoms with Gasteiger partial charge in [-0.15, -0.1) is 0 Å². The van der Waals surface area contributed by atoms with Crippen molar-refractivity contribution >= 4 is 29.6 Å². The Kier molecular flexibility index (Phi) is 12.3. The van der Waals surface area contributed by atoms with Gasteiger partial charge in [-0.25, -0.2) is 9.59 Å². The van der Waals surface area contributed by atoms with Crippen molar-refractivity contribution in [2.24, 2.45) is 5.92 Å². The first-order valence-corrected chi connectivity index (χ1v) is 13.6. The molecule has 1 unspecified atom stereocenters. The van der Waals surface area contributed by atoms with E-state index in [4.69, 9.17) is 9.47 Å². The average Bonchev–Trinajstić information content (AvgIpc) is 2.93. The lowest BCUT2D eigenvalue weighted by molar-refractivity contribution is -0.148. The summed E-state index contributed by atoms with van der Waals surface area (Å²) in [4.78, 5) is 66.6. The van der Waals surface area contributed by atoms with Crippen LogP contribution in [0.5, 0.6) is 0 Å². The number of methoxy groups -OCH3 is 1. The fourth-order valence-corrected chi connectivity index (χ4v) is 4.75. The Morgan fingerprint density at radius 1 is 1.00 bits per heavy atom. The number of carbonyl (C=O) groups excluding carboxylic acids is 5. The second-order valence-corrected chi connectivity index (χ2v) is 10.1. The molecule has 2 rings (SSSR count).